The van der Waals surface area contributed by atoms with E-state index in [4.69, 9.17) is 9.47 Å². The molecule has 0 radical (unpaired) electrons. The van der Waals surface area contributed by atoms with Gasteiger partial charge in [-0.05, 0) is 31.5 Å². The largest absolute Gasteiger partial charge is 0.490 e. The quantitative estimate of drug-likeness (QED) is 0.575. The number of benzene rings is 1. The molecule has 0 aromatic heterocycles. The van der Waals surface area contributed by atoms with Crippen LogP contribution in [0.1, 0.15) is 30.6 Å². The van der Waals surface area contributed by atoms with Crippen molar-refractivity contribution in [3.8, 4) is 11.5 Å². The number of rotatable bonds is 8. The van der Waals surface area contributed by atoms with Gasteiger partial charge in [0.15, 0.2) is 11.5 Å². The lowest BCUT2D eigenvalue weighted by Crippen LogP contribution is -2.22. The van der Waals surface area contributed by atoms with Crippen molar-refractivity contribution in [1.82, 2.24) is 5.32 Å². The fourth-order valence-corrected chi connectivity index (χ4v) is 1.50. The van der Waals surface area contributed by atoms with E-state index in [1.54, 1.807) is 18.2 Å². The predicted octanol–water partition coefficient (Wildman–Crippen LogP) is 1.80. The van der Waals surface area contributed by atoms with Crippen LogP contribution in [0.15, 0.2) is 18.2 Å². The average molecular weight is 265 g/mol. The molecule has 0 bridgehead atoms. The van der Waals surface area contributed by atoms with E-state index >= 15 is 0 Å². The third-order valence-corrected chi connectivity index (χ3v) is 2.36. The molecular formula is C14H19NO4. The number of carbonyl (C=O) groups excluding carboxylic acids is 2. The van der Waals surface area contributed by atoms with Crippen LogP contribution in [0.25, 0.3) is 0 Å². The van der Waals surface area contributed by atoms with Crippen LogP contribution in [0, 0.1) is 0 Å². The van der Waals surface area contributed by atoms with Gasteiger partial charge in [-0.25, -0.2) is 0 Å². The van der Waals surface area contributed by atoms with Gasteiger partial charge >= 0.3 is 0 Å². The van der Waals surface area contributed by atoms with Crippen LogP contribution < -0.4 is 14.8 Å². The van der Waals surface area contributed by atoms with E-state index in [0.29, 0.717) is 43.2 Å². The predicted molar refractivity (Wildman–Crippen MR) is 71.8 cm³/mol. The summed E-state index contributed by atoms with van der Waals surface area (Å²) >= 11 is 0. The van der Waals surface area contributed by atoms with Gasteiger partial charge in [-0.2, -0.15) is 0 Å². The summed E-state index contributed by atoms with van der Waals surface area (Å²) in [5, 5.41) is 2.69. The molecule has 1 rings (SSSR count). The van der Waals surface area contributed by atoms with Crippen molar-refractivity contribution >= 4 is 12.2 Å². The Morgan fingerprint density at radius 2 is 2.11 bits per heavy atom. The molecule has 1 aromatic carbocycles. The van der Waals surface area contributed by atoms with E-state index in [2.05, 4.69) is 5.32 Å². The minimum atomic E-state index is -0.0506. The second-order valence-corrected chi connectivity index (χ2v) is 3.94. The number of carbonyl (C=O) groups is 2. The van der Waals surface area contributed by atoms with Crippen LogP contribution >= 0.6 is 0 Å². The zero-order valence-corrected chi connectivity index (χ0v) is 11.3. The van der Waals surface area contributed by atoms with E-state index in [0.717, 1.165) is 6.29 Å². The lowest BCUT2D eigenvalue weighted by molar-refractivity contribution is -0.118. The summed E-state index contributed by atoms with van der Waals surface area (Å²) in [6.45, 7) is 4.90. The van der Waals surface area contributed by atoms with Gasteiger partial charge in [0.25, 0.3) is 0 Å². The molecule has 104 valence electrons. The summed E-state index contributed by atoms with van der Waals surface area (Å²) in [7, 11) is 0. The molecule has 0 atom stereocenters. The van der Waals surface area contributed by atoms with E-state index in [1.165, 1.54) is 6.92 Å². The third-order valence-electron chi connectivity index (χ3n) is 2.36. The highest BCUT2D eigenvalue weighted by atomic mass is 16.5. The van der Waals surface area contributed by atoms with Gasteiger partial charge in [0.1, 0.15) is 6.29 Å². The number of ether oxygens (including phenoxy) is 2. The first-order valence-corrected chi connectivity index (χ1v) is 6.26. The Hall–Kier alpha value is -2.04. The van der Waals surface area contributed by atoms with Gasteiger partial charge in [-0.3, -0.25) is 9.59 Å². The van der Waals surface area contributed by atoms with Crippen molar-refractivity contribution in [2.45, 2.75) is 20.3 Å². The topological polar surface area (TPSA) is 64.6 Å². The Balaban J connectivity index is 2.51. The minimum Gasteiger partial charge on any atom is -0.490 e. The number of amides is 1. The Morgan fingerprint density at radius 1 is 1.32 bits per heavy atom. The number of hydrogen-bond donors (Lipinski definition) is 1. The molecule has 0 aliphatic heterocycles. The molecule has 1 N–H and O–H groups in total. The molecule has 0 saturated carbocycles. The minimum absolute atomic E-state index is 0.0506. The zero-order valence-electron chi connectivity index (χ0n) is 11.3. The van der Waals surface area contributed by atoms with Gasteiger partial charge in [0, 0.05) is 19.0 Å². The number of hydrogen-bond acceptors (Lipinski definition) is 4. The fourth-order valence-electron chi connectivity index (χ4n) is 1.50. The highest BCUT2D eigenvalue weighted by Crippen LogP contribution is 2.28. The lowest BCUT2D eigenvalue weighted by Gasteiger charge is -2.12. The summed E-state index contributed by atoms with van der Waals surface area (Å²) in [6, 6.07) is 5.05. The van der Waals surface area contributed by atoms with E-state index in [1.807, 2.05) is 6.92 Å². The third kappa shape index (κ3) is 5.42. The van der Waals surface area contributed by atoms with Crippen molar-refractivity contribution in [3.05, 3.63) is 23.8 Å². The van der Waals surface area contributed by atoms with Crippen LogP contribution in [-0.4, -0.2) is 32.0 Å². The second-order valence-electron chi connectivity index (χ2n) is 3.94. The second kappa shape index (κ2) is 8.13. The molecule has 0 fully saturated rings. The van der Waals surface area contributed by atoms with Crippen LogP contribution in [-0.2, 0) is 4.79 Å². The average Bonchev–Trinajstić information content (AvgIpc) is 2.39. The molecule has 5 heteroatoms. The molecule has 1 aromatic rings. The first-order chi connectivity index (χ1) is 9.17. The molecule has 19 heavy (non-hydrogen) atoms. The van der Waals surface area contributed by atoms with Gasteiger partial charge in [0.05, 0.1) is 13.2 Å². The Kier molecular flexibility index (Phi) is 6.43. The van der Waals surface area contributed by atoms with Crippen LogP contribution in [0.2, 0.25) is 0 Å². The maximum absolute atomic E-state index is 10.7. The van der Waals surface area contributed by atoms with Crippen molar-refractivity contribution in [1.29, 1.82) is 0 Å². The van der Waals surface area contributed by atoms with Gasteiger partial charge < -0.3 is 14.8 Å². The highest BCUT2D eigenvalue weighted by Gasteiger charge is 2.06. The lowest BCUT2D eigenvalue weighted by atomic mass is 10.2. The monoisotopic (exact) mass is 265 g/mol. The summed E-state index contributed by atoms with van der Waals surface area (Å²) in [5.41, 5.74) is 0.550. The number of aldehydes is 1. The fraction of sp³-hybridized carbons (Fsp3) is 0.429. The standard InChI is InChI=1S/C14H19NO4/c1-3-18-14-9-12(10-16)5-6-13(14)19-8-4-7-15-11(2)17/h5-6,9-10H,3-4,7-8H2,1-2H3,(H,15,17). The van der Waals surface area contributed by atoms with Gasteiger partial charge in [0.2, 0.25) is 5.91 Å². The molecule has 0 spiro atoms. The molecule has 0 heterocycles. The van der Waals surface area contributed by atoms with Crippen molar-refractivity contribution in [2.24, 2.45) is 0 Å². The van der Waals surface area contributed by atoms with Crippen molar-refractivity contribution in [2.75, 3.05) is 19.8 Å². The summed E-state index contributed by atoms with van der Waals surface area (Å²) in [5.74, 6) is 1.12. The summed E-state index contributed by atoms with van der Waals surface area (Å²) in [6.07, 6.45) is 1.48. The smallest absolute Gasteiger partial charge is 0.216 e. The van der Waals surface area contributed by atoms with Gasteiger partial charge in [-0.15, -0.1) is 0 Å². The first-order valence-electron chi connectivity index (χ1n) is 6.26. The Labute approximate surface area is 112 Å². The van der Waals surface area contributed by atoms with E-state index in [-0.39, 0.29) is 5.91 Å². The van der Waals surface area contributed by atoms with Gasteiger partial charge in [-0.1, -0.05) is 0 Å². The first kappa shape index (κ1) is 15.0. The maximum atomic E-state index is 10.7. The van der Waals surface area contributed by atoms with Crippen LogP contribution in [0.5, 0.6) is 11.5 Å². The highest BCUT2D eigenvalue weighted by molar-refractivity contribution is 5.76. The number of nitrogens with one attached hydrogen (secondary N) is 1. The SMILES string of the molecule is CCOc1cc(C=O)ccc1OCCCNC(C)=O. The molecule has 0 aliphatic carbocycles. The summed E-state index contributed by atoms with van der Waals surface area (Å²) in [4.78, 5) is 21.4. The Morgan fingerprint density at radius 3 is 2.74 bits per heavy atom. The van der Waals surface area contributed by atoms with Crippen LogP contribution in [0.3, 0.4) is 0 Å². The molecule has 0 unspecified atom stereocenters. The van der Waals surface area contributed by atoms with Crippen molar-refractivity contribution in [3.63, 3.8) is 0 Å². The zero-order chi connectivity index (χ0) is 14.1. The molecule has 0 saturated heterocycles. The van der Waals surface area contributed by atoms with E-state index in [9.17, 15) is 9.59 Å². The normalized spacial score (nSPS) is 9.79. The molecule has 0 aliphatic rings. The molecule has 1 amide bonds. The molecule has 5 nitrogen and oxygen atoms in total. The van der Waals surface area contributed by atoms with E-state index < -0.39 is 0 Å². The Bertz CT molecular complexity index is 431. The summed E-state index contributed by atoms with van der Waals surface area (Å²) < 4.78 is 11.0. The maximum Gasteiger partial charge on any atom is 0.216 e. The molecular weight excluding hydrogens is 246 g/mol. The van der Waals surface area contributed by atoms with Crippen LogP contribution in [0.4, 0.5) is 0 Å². The van der Waals surface area contributed by atoms with Crippen molar-refractivity contribution < 1.29 is 19.1 Å².